The minimum Gasteiger partial charge on any atom is -0.497 e. The summed E-state index contributed by atoms with van der Waals surface area (Å²) in [6.45, 7) is 2.34. The van der Waals surface area contributed by atoms with Crippen LogP contribution < -0.4 is 24.8 Å². The van der Waals surface area contributed by atoms with Crippen molar-refractivity contribution in [3.63, 3.8) is 0 Å². The Bertz CT molecular complexity index is 1020. The minimum absolute atomic E-state index is 0.187. The first-order valence-corrected chi connectivity index (χ1v) is 10.1. The number of methoxy groups -OCH3 is 2. The molecule has 0 aromatic heterocycles. The van der Waals surface area contributed by atoms with Gasteiger partial charge in [-0.2, -0.15) is 0 Å². The SMILES string of the molecule is COc1ccc(NCc2cc(Cl)c(OCC(=O)Nc3ccc(C)cc3)c(OC)c2)cc1. The fourth-order valence-electron chi connectivity index (χ4n) is 2.90. The number of nitrogens with one attached hydrogen (secondary N) is 2. The van der Waals surface area contributed by atoms with Crippen LogP contribution in [-0.2, 0) is 11.3 Å². The normalized spacial score (nSPS) is 10.3. The first-order chi connectivity index (χ1) is 15.0. The lowest BCUT2D eigenvalue weighted by molar-refractivity contribution is -0.118. The Balaban J connectivity index is 1.61. The third kappa shape index (κ3) is 6.30. The second kappa shape index (κ2) is 10.6. The number of halogens is 1. The molecule has 2 N–H and O–H groups in total. The van der Waals surface area contributed by atoms with Gasteiger partial charge in [-0.1, -0.05) is 29.3 Å². The lowest BCUT2D eigenvalue weighted by atomic mass is 10.2. The number of aryl methyl sites for hydroxylation is 1. The van der Waals surface area contributed by atoms with Crippen molar-refractivity contribution in [2.24, 2.45) is 0 Å². The van der Waals surface area contributed by atoms with Crippen LogP contribution in [0, 0.1) is 6.92 Å². The first kappa shape index (κ1) is 22.3. The van der Waals surface area contributed by atoms with Crippen LogP contribution in [0.4, 0.5) is 11.4 Å². The van der Waals surface area contributed by atoms with E-state index < -0.39 is 0 Å². The fourth-order valence-corrected chi connectivity index (χ4v) is 3.19. The molecule has 1 amide bonds. The van der Waals surface area contributed by atoms with Crippen LogP contribution in [0.3, 0.4) is 0 Å². The maximum atomic E-state index is 12.2. The van der Waals surface area contributed by atoms with Crippen molar-refractivity contribution in [3.05, 3.63) is 76.8 Å². The smallest absolute Gasteiger partial charge is 0.262 e. The van der Waals surface area contributed by atoms with Crippen LogP contribution >= 0.6 is 11.6 Å². The molecule has 3 aromatic carbocycles. The van der Waals surface area contributed by atoms with Crippen LogP contribution in [0.2, 0.25) is 5.02 Å². The summed E-state index contributed by atoms with van der Waals surface area (Å²) >= 11 is 6.41. The van der Waals surface area contributed by atoms with Crippen LogP contribution in [-0.4, -0.2) is 26.7 Å². The molecule has 3 aromatic rings. The van der Waals surface area contributed by atoms with Gasteiger partial charge in [0, 0.05) is 17.9 Å². The van der Waals surface area contributed by atoms with Crippen molar-refractivity contribution in [2.45, 2.75) is 13.5 Å². The summed E-state index contributed by atoms with van der Waals surface area (Å²) in [6, 6.07) is 18.8. The van der Waals surface area contributed by atoms with Crippen molar-refractivity contribution in [1.82, 2.24) is 0 Å². The molecule has 0 aliphatic heterocycles. The van der Waals surface area contributed by atoms with E-state index in [1.54, 1.807) is 13.2 Å². The van der Waals surface area contributed by atoms with Crippen LogP contribution in [0.15, 0.2) is 60.7 Å². The second-order valence-electron chi connectivity index (χ2n) is 6.89. The molecule has 0 unspecified atom stereocenters. The quantitative estimate of drug-likeness (QED) is 0.472. The summed E-state index contributed by atoms with van der Waals surface area (Å²) in [4.78, 5) is 12.2. The van der Waals surface area contributed by atoms with Gasteiger partial charge in [0.2, 0.25) is 0 Å². The predicted molar refractivity (Wildman–Crippen MR) is 124 cm³/mol. The van der Waals surface area contributed by atoms with Gasteiger partial charge in [-0.05, 0) is 61.0 Å². The molecule has 0 fully saturated rings. The van der Waals surface area contributed by atoms with Crippen molar-refractivity contribution < 1.29 is 19.0 Å². The van der Waals surface area contributed by atoms with E-state index in [0.29, 0.717) is 28.8 Å². The molecule has 6 nitrogen and oxygen atoms in total. The molecule has 0 heterocycles. The number of amides is 1. The first-order valence-electron chi connectivity index (χ1n) is 9.72. The highest BCUT2D eigenvalue weighted by atomic mass is 35.5. The summed E-state index contributed by atoms with van der Waals surface area (Å²) in [5.74, 6) is 1.30. The van der Waals surface area contributed by atoms with E-state index >= 15 is 0 Å². The molecule has 0 spiro atoms. The Morgan fingerprint density at radius 3 is 2.26 bits per heavy atom. The van der Waals surface area contributed by atoms with Crippen molar-refractivity contribution >= 4 is 28.9 Å². The Morgan fingerprint density at radius 1 is 0.935 bits per heavy atom. The molecule has 162 valence electrons. The van der Waals surface area contributed by atoms with Crippen LogP contribution in [0.25, 0.3) is 0 Å². The molecule has 0 saturated carbocycles. The Labute approximate surface area is 187 Å². The number of carbonyl (C=O) groups excluding carboxylic acids is 1. The third-order valence-electron chi connectivity index (χ3n) is 4.56. The van der Waals surface area contributed by atoms with Crippen molar-refractivity contribution in [1.29, 1.82) is 0 Å². The van der Waals surface area contributed by atoms with E-state index in [0.717, 1.165) is 22.6 Å². The second-order valence-corrected chi connectivity index (χ2v) is 7.30. The largest absolute Gasteiger partial charge is 0.497 e. The lowest BCUT2D eigenvalue weighted by Gasteiger charge is -2.15. The van der Waals surface area contributed by atoms with E-state index in [2.05, 4.69) is 10.6 Å². The number of rotatable bonds is 9. The monoisotopic (exact) mass is 440 g/mol. The Morgan fingerprint density at radius 2 is 1.61 bits per heavy atom. The van der Waals surface area contributed by atoms with Crippen LogP contribution in [0.5, 0.6) is 17.2 Å². The van der Waals surface area contributed by atoms with Crippen LogP contribution in [0.1, 0.15) is 11.1 Å². The van der Waals surface area contributed by atoms with Crippen molar-refractivity contribution in [3.8, 4) is 17.2 Å². The molecular weight excluding hydrogens is 416 g/mol. The van der Waals surface area contributed by atoms with Gasteiger partial charge in [0.05, 0.1) is 19.2 Å². The summed E-state index contributed by atoms with van der Waals surface area (Å²) < 4.78 is 16.2. The average molecular weight is 441 g/mol. The van der Waals surface area contributed by atoms with E-state index in [4.69, 9.17) is 25.8 Å². The molecular formula is C24H25ClN2O4. The summed E-state index contributed by atoms with van der Waals surface area (Å²) in [5.41, 5.74) is 3.68. The van der Waals surface area contributed by atoms with E-state index in [-0.39, 0.29) is 12.5 Å². The zero-order valence-electron chi connectivity index (χ0n) is 17.7. The standard InChI is InChI=1S/C24H25ClN2O4/c1-16-4-6-19(7-5-16)27-23(28)15-31-24-21(25)12-17(13-22(24)30-3)14-26-18-8-10-20(29-2)11-9-18/h4-13,26H,14-15H2,1-3H3,(H,27,28). The van der Waals surface area contributed by atoms with Crippen molar-refractivity contribution in [2.75, 3.05) is 31.5 Å². The van der Waals surface area contributed by atoms with Gasteiger partial charge in [-0.3, -0.25) is 4.79 Å². The molecule has 0 bridgehead atoms. The topological polar surface area (TPSA) is 68.8 Å². The van der Waals surface area contributed by atoms with Gasteiger partial charge in [-0.15, -0.1) is 0 Å². The lowest BCUT2D eigenvalue weighted by Crippen LogP contribution is -2.20. The minimum atomic E-state index is -0.285. The Hall–Kier alpha value is -3.38. The highest BCUT2D eigenvalue weighted by Gasteiger charge is 2.14. The number of hydrogen-bond donors (Lipinski definition) is 2. The maximum absolute atomic E-state index is 12.2. The van der Waals surface area contributed by atoms with E-state index in [1.165, 1.54) is 7.11 Å². The highest BCUT2D eigenvalue weighted by molar-refractivity contribution is 6.32. The molecule has 0 radical (unpaired) electrons. The summed E-state index contributed by atoms with van der Waals surface area (Å²) in [6.07, 6.45) is 0. The molecule has 31 heavy (non-hydrogen) atoms. The number of ether oxygens (including phenoxy) is 3. The van der Waals surface area contributed by atoms with Gasteiger partial charge < -0.3 is 24.8 Å². The molecule has 0 aliphatic rings. The number of anilines is 2. The highest BCUT2D eigenvalue weighted by Crippen LogP contribution is 2.36. The molecule has 7 heteroatoms. The average Bonchev–Trinajstić information content (AvgIpc) is 2.78. The number of carbonyl (C=O) groups is 1. The third-order valence-corrected chi connectivity index (χ3v) is 4.84. The van der Waals surface area contributed by atoms with E-state index in [9.17, 15) is 4.79 Å². The predicted octanol–water partition coefficient (Wildman–Crippen LogP) is 5.30. The number of benzene rings is 3. The fraction of sp³-hybridized carbons (Fsp3) is 0.208. The van der Waals surface area contributed by atoms with Gasteiger partial charge in [0.1, 0.15) is 5.75 Å². The van der Waals surface area contributed by atoms with Gasteiger partial charge in [0.15, 0.2) is 18.1 Å². The molecule has 0 aliphatic carbocycles. The maximum Gasteiger partial charge on any atom is 0.262 e. The summed E-state index contributed by atoms with van der Waals surface area (Å²) in [5, 5.41) is 6.47. The Kier molecular flexibility index (Phi) is 7.62. The van der Waals surface area contributed by atoms with Gasteiger partial charge >= 0.3 is 0 Å². The molecule has 0 atom stereocenters. The molecule has 3 rings (SSSR count). The van der Waals surface area contributed by atoms with Gasteiger partial charge in [-0.25, -0.2) is 0 Å². The zero-order chi connectivity index (χ0) is 22.2. The molecule has 0 saturated heterocycles. The number of hydrogen-bond acceptors (Lipinski definition) is 5. The van der Waals surface area contributed by atoms with Gasteiger partial charge in [0.25, 0.3) is 5.91 Å². The van der Waals surface area contributed by atoms with E-state index in [1.807, 2.05) is 61.5 Å². The summed E-state index contributed by atoms with van der Waals surface area (Å²) in [7, 11) is 3.16. The zero-order valence-corrected chi connectivity index (χ0v) is 18.5.